The van der Waals surface area contributed by atoms with Crippen molar-refractivity contribution in [3.8, 4) is 0 Å². The molecule has 292 valence electrons. The Labute approximate surface area is 332 Å². The van der Waals surface area contributed by atoms with Gasteiger partial charge >= 0.3 is 5.97 Å². The molecule has 0 aliphatic carbocycles. The lowest BCUT2D eigenvalue weighted by Crippen LogP contribution is -2.10. The Morgan fingerprint density at radius 3 is 1.43 bits per heavy atom. The lowest BCUT2D eigenvalue weighted by atomic mass is 10.0. The summed E-state index contributed by atoms with van der Waals surface area (Å²) in [4.78, 5) is 27.4. The van der Waals surface area contributed by atoms with E-state index < -0.39 is 28.5 Å². The van der Waals surface area contributed by atoms with Crippen LogP contribution >= 0.6 is 23.5 Å². The van der Waals surface area contributed by atoms with Crippen molar-refractivity contribution in [1.82, 2.24) is 0 Å². The standard InChI is InChI=1S/C22H30N2O3S2.C17H20N2O4S2/c1-3-5-8-13-21(25)17-15-19(23-14-6-4-2)22(20(16-17)24-29(26)27)28-18-11-9-7-10-12-18;1-2-3-9-18-14-10-12(17(20)21)11-15(19-25(22)23)16(14)24-13-7-5-4-6-8-13/h7,9-12,15-16,23-24H,3-6,8,13-14H2,1-2H3,(H,26,27);4-8,10-11,18-19H,2-3,9H2,1H3,(H,20,21)(H,22,23)/p-2. The van der Waals surface area contributed by atoms with E-state index >= 15 is 0 Å². The van der Waals surface area contributed by atoms with Crippen LogP contribution in [0.15, 0.2) is 105 Å². The van der Waals surface area contributed by atoms with Crippen molar-refractivity contribution in [3.63, 3.8) is 0 Å². The first-order chi connectivity index (χ1) is 26.1. The van der Waals surface area contributed by atoms with Crippen LogP contribution in [-0.2, 0) is 22.5 Å². The fourth-order valence-corrected chi connectivity index (χ4v) is 7.84. The average molecular weight is 813 g/mol. The zero-order valence-corrected chi connectivity index (χ0v) is 33.9. The van der Waals surface area contributed by atoms with E-state index in [0.717, 1.165) is 71.9 Å². The SMILES string of the molecule is CCCCCC(=O)c1cc(NCCCC)c(Sc2ccccc2)c(NS(=O)[O-])c1.CCCCNc1cc(C(=O)O)cc(NS(=O)[O-])c1Sc1ccccc1. The van der Waals surface area contributed by atoms with Gasteiger partial charge in [0.1, 0.15) is 0 Å². The Balaban J connectivity index is 0.000000294. The molecule has 0 fully saturated rings. The number of rotatable bonds is 22. The topological polar surface area (TPSA) is 183 Å². The lowest BCUT2D eigenvalue weighted by molar-refractivity contribution is 0.0696. The van der Waals surface area contributed by atoms with Gasteiger partial charge in [0.2, 0.25) is 0 Å². The minimum Gasteiger partial charge on any atom is -0.755 e. The van der Waals surface area contributed by atoms with Crippen molar-refractivity contribution < 1.29 is 32.2 Å². The molecule has 2 atom stereocenters. The molecule has 4 aromatic rings. The van der Waals surface area contributed by atoms with E-state index in [-0.39, 0.29) is 17.0 Å². The molecular weight excluding hydrogens is 765 g/mol. The number of carbonyl (C=O) groups is 2. The summed E-state index contributed by atoms with van der Waals surface area (Å²) in [6.45, 7) is 7.70. The van der Waals surface area contributed by atoms with Gasteiger partial charge in [0.25, 0.3) is 0 Å². The molecule has 0 heterocycles. The van der Waals surface area contributed by atoms with Gasteiger partial charge in [-0.15, -0.1) is 0 Å². The first kappa shape index (κ1) is 44.5. The molecule has 54 heavy (non-hydrogen) atoms. The van der Waals surface area contributed by atoms with Crippen LogP contribution in [0.2, 0.25) is 0 Å². The molecule has 0 radical (unpaired) electrons. The number of benzene rings is 4. The van der Waals surface area contributed by atoms with Gasteiger partial charge in [0, 0.05) is 57.4 Å². The number of ketones is 1. The number of unbranched alkanes of at least 4 members (excludes halogenated alkanes) is 4. The van der Waals surface area contributed by atoms with Crippen LogP contribution in [0.3, 0.4) is 0 Å². The predicted octanol–water partition coefficient (Wildman–Crippen LogP) is 9.97. The molecule has 0 amide bonds. The van der Waals surface area contributed by atoms with Gasteiger partial charge in [0.15, 0.2) is 5.78 Å². The van der Waals surface area contributed by atoms with Crippen LogP contribution in [0.25, 0.3) is 0 Å². The Bertz CT molecular complexity index is 1830. The van der Waals surface area contributed by atoms with Crippen molar-refractivity contribution in [1.29, 1.82) is 0 Å². The minimum absolute atomic E-state index is 0.0179. The van der Waals surface area contributed by atoms with Gasteiger partial charge in [0.05, 0.1) is 38.1 Å². The number of anilines is 4. The molecule has 5 N–H and O–H groups in total. The number of hydrogen-bond acceptors (Lipinski definition) is 10. The van der Waals surface area contributed by atoms with Crippen molar-refractivity contribution in [3.05, 3.63) is 96.1 Å². The third kappa shape index (κ3) is 15.5. The van der Waals surface area contributed by atoms with E-state index in [0.29, 0.717) is 34.8 Å². The molecule has 0 aromatic heterocycles. The predicted molar refractivity (Wildman–Crippen MR) is 221 cm³/mol. The molecule has 0 aliphatic heterocycles. The molecule has 2 unspecified atom stereocenters. The largest absolute Gasteiger partial charge is 0.755 e. The number of Topliss-reactive ketones (excluding diaryl/α,β-unsaturated/α-hetero) is 1. The van der Waals surface area contributed by atoms with Crippen LogP contribution in [0.5, 0.6) is 0 Å². The molecule has 0 bridgehead atoms. The van der Waals surface area contributed by atoms with Crippen LogP contribution < -0.4 is 20.1 Å². The van der Waals surface area contributed by atoms with Crippen LogP contribution in [-0.4, -0.2) is 47.5 Å². The second-order valence-electron chi connectivity index (χ2n) is 12.1. The fraction of sp³-hybridized carbons (Fsp3) is 0.333. The molecule has 0 aliphatic rings. The summed E-state index contributed by atoms with van der Waals surface area (Å²) in [5, 5.41) is 15.9. The maximum atomic E-state index is 12.7. The van der Waals surface area contributed by atoms with Crippen LogP contribution in [0.4, 0.5) is 22.7 Å². The smallest absolute Gasteiger partial charge is 0.335 e. The maximum Gasteiger partial charge on any atom is 0.335 e. The molecule has 4 rings (SSSR count). The Morgan fingerprint density at radius 2 is 1.02 bits per heavy atom. The fourth-order valence-electron chi connectivity index (χ4n) is 5.05. The summed E-state index contributed by atoms with van der Waals surface area (Å²) >= 11 is -2.19. The van der Waals surface area contributed by atoms with E-state index in [9.17, 15) is 32.2 Å². The Hall–Kier alpha value is -3.86. The number of carboxylic acid groups (broad SMARTS) is 1. The zero-order valence-electron chi connectivity index (χ0n) is 30.7. The number of carboxylic acids is 1. The molecule has 0 spiro atoms. The van der Waals surface area contributed by atoms with E-state index in [4.69, 9.17) is 0 Å². The van der Waals surface area contributed by atoms with Gasteiger partial charge in [-0.1, -0.05) is 106 Å². The van der Waals surface area contributed by atoms with Gasteiger partial charge in [-0.25, -0.2) is 4.79 Å². The van der Waals surface area contributed by atoms with E-state index in [1.165, 1.54) is 35.7 Å². The molecule has 0 saturated heterocycles. The van der Waals surface area contributed by atoms with Gasteiger partial charge in [-0.05, 0) is 67.8 Å². The first-order valence-electron chi connectivity index (χ1n) is 17.8. The monoisotopic (exact) mass is 812 g/mol. The van der Waals surface area contributed by atoms with Gasteiger partial charge in [-0.3, -0.25) is 13.2 Å². The number of hydrogen-bond donors (Lipinski definition) is 5. The normalized spacial score (nSPS) is 11.8. The molecule has 15 heteroatoms. The second-order valence-corrected chi connectivity index (χ2v) is 15.6. The van der Waals surface area contributed by atoms with E-state index in [1.54, 1.807) is 6.07 Å². The Kier molecular flexibility index (Phi) is 20.2. The zero-order chi connectivity index (χ0) is 39.3. The number of carbonyl (C=O) groups excluding carboxylic acids is 1. The van der Waals surface area contributed by atoms with Crippen molar-refractivity contribution in [2.45, 2.75) is 91.7 Å². The summed E-state index contributed by atoms with van der Waals surface area (Å²) in [5.41, 5.74) is 2.58. The second kappa shape index (κ2) is 24.5. The third-order valence-corrected chi connectivity index (χ3v) is 10.8. The minimum atomic E-state index is -2.56. The number of nitrogens with one attached hydrogen (secondary N) is 4. The quantitative estimate of drug-likeness (QED) is 0.0289. The summed E-state index contributed by atoms with van der Waals surface area (Å²) < 4.78 is 49.9. The molecule has 11 nitrogen and oxygen atoms in total. The maximum absolute atomic E-state index is 12.7. The van der Waals surface area contributed by atoms with Gasteiger partial charge < -0.3 is 34.3 Å². The highest BCUT2D eigenvalue weighted by molar-refractivity contribution is 8.00. The summed E-state index contributed by atoms with van der Waals surface area (Å²) in [7, 11) is 0. The van der Waals surface area contributed by atoms with Crippen molar-refractivity contribution >= 4 is 80.6 Å². The molecule has 4 aromatic carbocycles. The highest BCUT2D eigenvalue weighted by atomic mass is 32.2. The van der Waals surface area contributed by atoms with E-state index in [1.807, 2.05) is 66.7 Å². The highest BCUT2D eigenvalue weighted by Gasteiger charge is 2.18. The number of aromatic carboxylic acids is 1. The molecular formula is C39H48N4O7S4-2. The summed E-state index contributed by atoms with van der Waals surface area (Å²) in [6.07, 6.45) is 7.29. The average Bonchev–Trinajstić information content (AvgIpc) is 3.14. The highest BCUT2D eigenvalue weighted by Crippen LogP contribution is 2.42. The first-order valence-corrected chi connectivity index (χ1v) is 21.6. The Morgan fingerprint density at radius 1 is 0.611 bits per heavy atom. The van der Waals surface area contributed by atoms with Gasteiger partial charge in [-0.2, -0.15) is 0 Å². The lowest BCUT2D eigenvalue weighted by Gasteiger charge is -2.20. The van der Waals surface area contributed by atoms with Crippen LogP contribution in [0.1, 0.15) is 92.9 Å². The van der Waals surface area contributed by atoms with Crippen molar-refractivity contribution in [2.24, 2.45) is 0 Å². The molecule has 0 saturated carbocycles. The third-order valence-electron chi connectivity index (χ3n) is 7.76. The van der Waals surface area contributed by atoms with Crippen molar-refractivity contribution in [2.75, 3.05) is 33.2 Å². The summed E-state index contributed by atoms with van der Waals surface area (Å²) in [5.74, 6) is -1.08. The summed E-state index contributed by atoms with van der Waals surface area (Å²) in [6, 6.07) is 25.6. The van der Waals surface area contributed by atoms with Crippen LogP contribution in [0, 0.1) is 0 Å². The van der Waals surface area contributed by atoms with E-state index in [2.05, 4.69) is 40.8 Å².